The van der Waals surface area contributed by atoms with Gasteiger partial charge >= 0.3 is 0 Å². The number of hydrogen-bond acceptors (Lipinski definition) is 3. The summed E-state index contributed by atoms with van der Waals surface area (Å²) in [6.45, 7) is 11.7. The molecule has 0 radical (unpaired) electrons. The number of benzene rings is 1. The smallest absolute Gasteiger partial charge is 0.220 e. The minimum Gasteiger partial charge on any atom is -0.487 e. The summed E-state index contributed by atoms with van der Waals surface area (Å²) in [6, 6.07) is 1.90. The van der Waals surface area contributed by atoms with Crippen LogP contribution in [-0.4, -0.2) is 16.6 Å². The second-order valence-electron chi connectivity index (χ2n) is 6.85. The molecule has 1 aromatic rings. The largest absolute Gasteiger partial charge is 0.487 e. The first kappa shape index (κ1) is 16.8. The number of carbonyl (C=O) groups excluding carboxylic acids is 1. The van der Waals surface area contributed by atoms with Crippen molar-refractivity contribution < 1.29 is 14.6 Å². The number of amides is 1. The van der Waals surface area contributed by atoms with Crippen molar-refractivity contribution in [2.75, 3.05) is 0 Å². The number of aliphatic hydroxyl groups is 1. The fourth-order valence-corrected chi connectivity index (χ4v) is 3.12. The average molecular weight is 305 g/mol. The molecule has 0 spiro atoms. The van der Waals surface area contributed by atoms with Gasteiger partial charge in [-0.25, -0.2) is 0 Å². The first-order valence-corrected chi connectivity index (χ1v) is 7.96. The van der Waals surface area contributed by atoms with Gasteiger partial charge < -0.3 is 15.2 Å². The lowest BCUT2D eigenvalue weighted by Gasteiger charge is -2.39. The molecular formula is C18H27NO3. The standard InChI is InChI=1S/C18H27NO3/c1-7-16(21)19-15-9-18(5,6)22-17-11(3)10(2)13(12(4)20)8-14(15)17/h8,12,15,20H,7,9H2,1-6H3,(H,19,21). The van der Waals surface area contributed by atoms with Crippen LogP contribution >= 0.6 is 0 Å². The van der Waals surface area contributed by atoms with E-state index in [1.54, 1.807) is 6.92 Å². The first-order valence-electron chi connectivity index (χ1n) is 7.96. The highest BCUT2D eigenvalue weighted by Gasteiger charge is 2.36. The van der Waals surface area contributed by atoms with Crippen molar-refractivity contribution in [3.05, 3.63) is 28.3 Å². The number of aliphatic hydroxyl groups excluding tert-OH is 1. The second kappa shape index (κ2) is 5.92. The predicted molar refractivity (Wildman–Crippen MR) is 87.0 cm³/mol. The maximum atomic E-state index is 11.9. The fraction of sp³-hybridized carbons (Fsp3) is 0.611. The molecule has 2 atom stereocenters. The van der Waals surface area contributed by atoms with E-state index in [-0.39, 0.29) is 17.6 Å². The molecule has 0 saturated heterocycles. The van der Waals surface area contributed by atoms with E-state index in [0.717, 1.165) is 28.0 Å². The van der Waals surface area contributed by atoms with Crippen LogP contribution in [0.25, 0.3) is 0 Å². The van der Waals surface area contributed by atoms with Crippen LogP contribution < -0.4 is 10.1 Å². The van der Waals surface area contributed by atoms with Gasteiger partial charge in [-0.2, -0.15) is 0 Å². The molecule has 2 N–H and O–H groups in total. The molecule has 0 aromatic heterocycles. The summed E-state index contributed by atoms with van der Waals surface area (Å²) >= 11 is 0. The van der Waals surface area contributed by atoms with Crippen molar-refractivity contribution in [1.29, 1.82) is 0 Å². The lowest BCUT2D eigenvalue weighted by Crippen LogP contribution is -2.41. The summed E-state index contributed by atoms with van der Waals surface area (Å²) in [5.41, 5.74) is 3.63. The van der Waals surface area contributed by atoms with Crippen LogP contribution in [0.3, 0.4) is 0 Å². The molecule has 0 saturated carbocycles. The van der Waals surface area contributed by atoms with E-state index < -0.39 is 6.10 Å². The van der Waals surface area contributed by atoms with Crippen LogP contribution in [0.5, 0.6) is 5.75 Å². The summed E-state index contributed by atoms with van der Waals surface area (Å²) in [7, 11) is 0. The Balaban J connectivity index is 2.57. The lowest BCUT2D eigenvalue weighted by atomic mass is 9.85. The Morgan fingerprint density at radius 3 is 2.64 bits per heavy atom. The summed E-state index contributed by atoms with van der Waals surface area (Å²) in [4.78, 5) is 11.9. The number of fused-ring (bicyclic) bond motifs is 1. The Morgan fingerprint density at radius 1 is 1.45 bits per heavy atom. The van der Waals surface area contributed by atoms with Crippen molar-refractivity contribution in [1.82, 2.24) is 5.32 Å². The van der Waals surface area contributed by atoms with E-state index in [2.05, 4.69) is 5.32 Å². The third-order valence-corrected chi connectivity index (χ3v) is 4.47. The maximum absolute atomic E-state index is 11.9. The number of rotatable bonds is 3. The molecule has 0 fully saturated rings. The number of hydrogen-bond donors (Lipinski definition) is 2. The number of carbonyl (C=O) groups is 1. The van der Waals surface area contributed by atoms with E-state index in [4.69, 9.17) is 4.74 Å². The fourth-order valence-electron chi connectivity index (χ4n) is 3.12. The van der Waals surface area contributed by atoms with Crippen LogP contribution in [0.1, 0.15) is 74.9 Å². The third kappa shape index (κ3) is 3.12. The molecule has 1 amide bonds. The van der Waals surface area contributed by atoms with Crippen molar-refractivity contribution in [2.24, 2.45) is 0 Å². The van der Waals surface area contributed by atoms with Crippen LogP contribution in [0.15, 0.2) is 6.07 Å². The Morgan fingerprint density at radius 2 is 2.09 bits per heavy atom. The van der Waals surface area contributed by atoms with Gasteiger partial charge in [0.25, 0.3) is 0 Å². The van der Waals surface area contributed by atoms with Gasteiger partial charge in [-0.15, -0.1) is 0 Å². The van der Waals surface area contributed by atoms with Crippen LogP contribution in [0.4, 0.5) is 0 Å². The second-order valence-corrected chi connectivity index (χ2v) is 6.85. The van der Waals surface area contributed by atoms with E-state index in [9.17, 15) is 9.90 Å². The summed E-state index contributed by atoms with van der Waals surface area (Å²) in [5.74, 6) is 0.880. The highest BCUT2D eigenvalue weighted by Crippen LogP contribution is 2.44. The Bertz CT molecular complexity index is 590. The molecular weight excluding hydrogens is 278 g/mol. The zero-order chi connectivity index (χ0) is 16.7. The molecule has 4 heteroatoms. The summed E-state index contributed by atoms with van der Waals surface area (Å²) < 4.78 is 6.18. The highest BCUT2D eigenvalue weighted by atomic mass is 16.5. The molecule has 1 aromatic carbocycles. The van der Waals surface area contributed by atoms with Gasteiger partial charge in [-0.05, 0) is 57.4 Å². The molecule has 4 nitrogen and oxygen atoms in total. The van der Waals surface area contributed by atoms with Crippen LogP contribution in [-0.2, 0) is 4.79 Å². The van der Waals surface area contributed by atoms with Gasteiger partial charge in [0, 0.05) is 18.4 Å². The molecule has 0 aliphatic carbocycles. The summed E-state index contributed by atoms with van der Waals surface area (Å²) in [5, 5.41) is 13.1. The minimum atomic E-state index is -0.540. The third-order valence-electron chi connectivity index (χ3n) is 4.47. The highest BCUT2D eigenvalue weighted by molar-refractivity contribution is 5.76. The number of nitrogens with one attached hydrogen (secondary N) is 1. The molecule has 0 bridgehead atoms. The van der Waals surface area contributed by atoms with Crippen molar-refractivity contribution in [3.63, 3.8) is 0 Å². The minimum absolute atomic E-state index is 0.0328. The zero-order valence-corrected chi connectivity index (χ0v) is 14.4. The van der Waals surface area contributed by atoms with Crippen LogP contribution in [0, 0.1) is 13.8 Å². The predicted octanol–water partition coefficient (Wildman–Crippen LogP) is 3.49. The van der Waals surface area contributed by atoms with Crippen molar-refractivity contribution in [3.8, 4) is 5.75 Å². The van der Waals surface area contributed by atoms with Gasteiger partial charge in [0.15, 0.2) is 0 Å². The quantitative estimate of drug-likeness (QED) is 0.899. The summed E-state index contributed by atoms with van der Waals surface area (Å²) in [6.07, 6.45) is 0.635. The Labute approximate surface area is 132 Å². The first-order chi connectivity index (χ1) is 10.2. The van der Waals surface area contributed by atoms with E-state index >= 15 is 0 Å². The Kier molecular flexibility index (Phi) is 4.52. The molecule has 22 heavy (non-hydrogen) atoms. The van der Waals surface area contributed by atoms with E-state index in [0.29, 0.717) is 12.8 Å². The average Bonchev–Trinajstić information content (AvgIpc) is 2.42. The zero-order valence-electron chi connectivity index (χ0n) is 14.4. The van der Waals surface area contributed by atoms with Crippen LogP contribution in [0.2, 0.25) is 0 Å². The molecule has 2 unspecified atom stereocenters. The topological polar surface area (TPSA) is 58.6 Å². The van der Waals surface area contributed by atoms with Gasteiger partial charge in [0.2, 0.25) is 5.91 Å². The SMILES string of the molecule is CCC(=O)NC1CC(C)(C)Oc2c1cc(C(C)O)c(C)c2C. The van der Waals surface area contributed by atoms with Crippen molar-refractivity contribution >= 4 is 5.91 Å². The van der Waals surface area contributed by atoms with E-state index in [1.807, 2.05) is 40.7 Å². The molecule has 1 heterocycles. The molecule has 1 aliphatic heterocycles. The number of ether oxygens (including phenoxy) is 1. The van der Waals surface area contributed by atoms with Gasteiger partial charge in [0.05, 0.1) is 12.1 Å². The van der Waals surface area contributed by atoms with E-state index in [1.165, 1.54) is 0 Å². The monoisotopic (exact) mass is 305 g/mol. The molecule has 1 aliphatic rings. The normalized spacial score (nSPS) is 20.8. The maximum Gasteiger partial charge on any atom is 0.220 e. The van der Waals surface area contributed by atoms with Crippen molar-refractivity contribution in [2.45, 2.75) is 72.1 Å². The molecule has 2 rings (SSSR count). The van der Waals surface area contributed by atoms with Gasteiger partial charge in [0.1, 0.15) is 11.4 Å². The van der Waals surface area contributed by atoms with Gasteiger partial charge in [-0.1, -0.05) is 6.92 Å². The lowest BCUT2D eigenvalue weighted by molar-refractivity contribution is -0.122. The Hall–Kier alpha value is -1.55. The molecule has 122 valence electrons. The van der Waals surface area contributed by atoms with Gasteiger partial charge in [-0.3, -0.25) is 4.79 Å².